The summed E-state index contributed by atoms with van der Waals surface area (Å²) >= 11 is 0. The van der Waals surface area contributed by atoms with Gasteiger partial charge in [-0.25, -0.2) is 4.98 Å². The molecule has 8 heteroatoms. The molecule has 0 radical (unpaired) electrons. The highest BCUT2D eigenvalue weighted by atomic mass is 19.4. The average Bonchev–Trinajstić information content (AvgIpc) is 3.12. The van der Waals surface area contributed by atoms with Crippen LogP contribution < -0.4 is 0 Å². The maximum Gasteiger partial charge on any atom is 0.416 e. The summed E-state index contributed by atoms with van der Waals surface area (Å²) in [4.78, 5) is 17.8. The van der Waals surface area contributed by atoms with Crippen molar-refractivity contribution >= 4 is 5.91 Å². The lowest BCUT2D eigenvalue weighted by atomic mass is 9.97. The Hall–Kier alpha value is -2.35. The average molecular weight is 339 g/mol. The number of hydrogen-bond donors (Lipinski definition) is 1. The van der Waals surface area contributed by atoms with E-state index < -0.39 is 29.8 Å². The fourth-order valence-corrected chi connectivity index (χ4v) is 3.05. The molecule has 1 N–H and O–H groups in total. The van der Waals surface area contributed by atoms with Crippen LogP contribution in [0.2, 0.25) is 0 Å². The van der Waals surface area contributed by atoms with Crippen LogP contribution in [0, 0.1) is 0 Å². The van der Waals surface area contributed by atoms with Crippen LogP contribution in [-0.4, -0.2) is 38.1 Å². The number of hydrogen-bond acceptors (Lipinski definition) is 3. The number of alkyl halides is 3. The number of aliphatic hydroxyl groups excluding tert-OH is 1. The second-order valence-corrected chi connectivity index (χ2v) is 5.87. The molecule has 1 aliphatic heterocycles. The van der Waals surface area contributed by atoms with Gasteiger partial charge in [-0.15, -0.1) is 0 Å². The number of likely N-dealkylation sites (tertiary alicyclic amines) is 1. The van der Waals surface area contributed by atoms with Gasteiger partial charge in [0.2, 0.25) is 0 Å². The van der Waals surface area contributed by atoms with E-state index in [0.717, 1.165) is 6.07 Å². The summed E-state index contributed by atoms with van der Waals surface area (Å²) in [6.07, 6.45) is -2.39. The summed E-state index contributed by atoms with van der Waals surface area (Å²) in [6.45, 7) is -0.0216. The van der Waals surface area contributed by atoms with Crippen molar-refractivity contribution in [1.29, 1.82) is 0 Å². The molecule has 0 spiro atoms. The number of rotatable bonds is 2. The number of β-amino-alcohol motifs (C(OH)–C–C–N with tert-alkyl or cyclic N) is 1. The minimum absolute atomic E-state index is 0.00849. The van der Waals surface area contributed by atoms with E-state index in [2.05, 4.69) is 4.98 Å². The van der Waals surface area contributed by atoms with Gasteiger partial charge < -0.3 is 14.6 Å². The van der Waals surface area contributed by atoms with Gasteiger partial charge in [0.05, 0.1) is 24.0 Å². The second-order valence-electron chi connectivity index (χ2n) is 5.87. The molecule has 0 saturated carbocycles. The van der Waals surface area contributed by atoms with Gasteiger partial charge in [-0.1, -0.05) is 18.2 Å². The maximum atomic E-state index is 13.3. The van der Waals surface area contributed by atoms with Crippen molar-refractivity contribution in [3.8, 4) is 0 Å². The lowest BCUT2D eigenvalue weighted by molar-refractivity contribution is -0.138. The van der Waals surface area contributed by atoms with Crippen LogP contribution >= 0.6 is 0 Å². The first-order valence-corrected chi connectivity index (χ1v) is 7.40. The monoisotopic (exact) mass is 339 g/mol. The Morgan fingerprint density at radius 2 is 2.04 bits per heavy atom. The number of halogens is 3. The Labute approximate surface area is 136 Å². The summed E-state index contributed by atoms with van der Waals surface area (Å²) in [6, 6.07) is 4.31. The molecule has 1 aromatic carbocycles. The molecule has 3 rings (SSSR count). The first-order valence-electron chi connectivity index (χ1n) is 7.40. The first-order chi connectivity index (χ1) is 11.3. The first kappa shape index (κ1) is 16.5. The van der Waals surface area contributed by atoms with Gasteiger partial charge in [0.1, 0.15) is 5.69 Å². The summed E-state index contributed by atoms with van der Waals surface area (Å²) in [5.41, 5.74) is -0.658. The van der Waals surface area contributed by atoms with Crippen LogP contribution in [0.25, 0.3) is 0 Å². The van der Waals surface area contributed by atoms with E-state index in [4.69, 9.17) is 0 Å². The molecular formula is C16H16F3N3O2. The Kier molecular flexibility index (Phi) is 4.08. The number of carbonyl (C=O) groups excluding carboxylic acids is 1. The molecule has 1 aromatic heterocycles. The molecule has 1 amide bonds. The van der Waals surface area contributed by atoms with Crippen molar-refractivity contribution in [3.05, 3.63) is 53.6 Å². The molecule has 1 saturated heterocycles. The fourth-order valence-electron chi connectivity index (χ4n) is 3.05. The third-order valence-corrected chi connectivity index (χ3v) is 4.09. The standard InChI is InChI=1S/C16H16F3N3O2/c1-21-8-13(20-9-21)15(24)22-7-10(23)6-14(22)11-4-2-3-5-12(11)16(17,18)19/h2-5,8-10,14,23H,6-7H2,1H3/t10-,14-/m0/s1. The number of imidazole rings is 1. The van der Waals surface area contributed by atoms with E-state index in [1.165, 1.54) is 35.6 Å². The highest BCUT2D eigenvalue weighted by Crippen LogP contribution is 2.40. The zero-order valence-electron chi connectivity index (χ0n) is 12.9. The molecular weight excluding hydrogens is 323 g/mol. The second kappa shape index (κ2) is 5.94. The Morgan fingerprint density at radius 1 is 1.33 bits per heavy atom. The molecule has 1 aliphatic rings. The number of nitrogens with zero attached hydrogens (tertiary/aromatic N) is 3. The van der Waals surface area contributed by atoms with Gasteiger partial charge in [-0.3, -0.25) is 4.79 Å². The molecule has 0 bridgehead atoms. The molecule has 2 aromatic rings. The number of benzene rings is 1. The van der Waals surface area contributed by atoms with Crippen molar-refractivity contribution in [2.75, 3.05) is 6.54 Å². The number of amides is 1. The van der Waals surface area contributed by atoms with Crippen molar-refractivity contribution in [2.24, 2.45) is 7.05 Å². The lowest BCUT2D eigenvalue weighted by Gasteiger charge is -2.26. The summed E-state index contributed by atoms with van der Waals surface area (Å²) in [5, 5.41) is 9.93. The van der Waals surface area contributed by atoms with Crippen LogP contribution in [0.4, 0.5) is 13.2 Å². The minimum atomic E-state index is -4.52. The van der Waals surface area contributed by atoms with E-state index >= 15 is 0 Å². The zero-order valence-corrected chi connectivity index (χ0v) is 12.9. The highest BCUT2D eigenvalue weighted by molar-refractivity contribution is 5.92. The van der Waals surface area contributed by atoms with E-state index in [0.29, 0.717) is 0 Å². The van der Waals surface area contributed by atoms with Crippen LogP contribution in [0.3, 0.4) is 0 Å². The van der Waals surface area contributed by atoms with E-state index in [1.54, 1.807) is 11.6 Å². The molecule has 2 heterocycles. The molecule has 24 heavy (non-hydrogen) atoms. The van der Waals surface area contributed by atoms with Crippen LogP contribution in [0.5, 0.6) is 0 Å². The third-order valence-electron chi connectivity index (χ3n) is 4.09. The summed E-state index contributed by atoms with van der Waals surface area (Å²) in [7, 11) is 1.69. The van der Waals surface area contributed by atoms with Crippen LogP contribution in [0.1, 0.15) is 34.1 Å². The number of carbonyl (C=O) groups is 1. The Bertz CT molecular complexity index is 757. The van der Waals surface area contributed by atoms with E-state index in [9.17, 15) is 23.1 Å². The fraction of sp³-hybridized carbons (Fsp3) is 0.375. The maximum absolute atomic E-state index is 13.3. The van der Waals surface area contributed by atoms with Crippen molar-refractivity contribution in [1.82, 2.24) is 14.5 Å². The number of aliphatic hydroxyl groups is 1. The van der Waals surface area contributed by atoms with Gasteiger partial charge in [-0.2, -0.15) is 13.2 Å². The van der Waals surface area contributed by atoms with Gasteiger partial charge in [0, 0.05) is 19.8 Å². The van der Waals surface area contributed by atoms with Crippen molar-refractivity contribution < 1.29 is 23.1 Å². The van der Waals surface area contributed by atoms with Gasteiger partial charge in [0.15, 0.2) is 0 Å². The van der Waals surface area contributed by atoms with Gasteiger partial charge in [0.25, 0.3) is 5.91 Å². The third kappa shape index (κ3) is 3.01. The number of aryl methyl sites for hydroxylation is 1. The predicted molar refractivity (Wildman–Crippen MR) is 79.1 cm³/mol. The summed E-state index contributed by atoms with van der Waals surface area (Å²) in [5.74, 6) is -0.492. The van der Waals surface area contributed by atoms with Crippen molar-refractivity contribution in [2.45, 2.75) is 24.7 Å². The van der Waals surface area contributed by atoms with Gasteiger partial charge >= 0.3 is 6.18 Å². The quantitative estimate of drug-likeness (QED) is 0.914. The molecule has 5 nitrogen and oxygen atoms in total. The lowest BCUT2D eigenvalue weighted by Crippen LogP contribution is -2.32. The molecule has 2 atom stereocenters. The highest BCUT2D eigenvalue weighted by Gasteiger charge is 2.41. The zero-order chi connectivity index (χ0) is 17.5. The topological polar surface area (TPSA) is 58.4 Å². The predicted octanol–water partition coefficient (Wildman–Crippen LogP) is 2.39. The smallest absolute Gasteiger partial charge is 0.391 e. The number of aromatic nitrogens is 2. The molecule has 0 aliphatic carbocycles. The normalized spacial score (nSPS) is 21.3. The molecule has 128 valence electrons. The Balaban J connectivity index is 1.99. The Morgan fingerprint density at radius 3 is 2.67 bits per heavy atom. The van der Waals surface area contributed by atoms with E-state index in [1.807, 2.05) is 0 Å². The van der Waals surface area contributed by atoms with Crippen LogP contribution in [-0.2, 0) is 13.2 Å². The molecule has 0 unspecified atom stereocenters. The van der Waals surface area contributed by atoms with E-state index in [-0.39, 0.29) is 24.2 Å². The summed E-state index contributed by atoms with van der Waals surface area (Å²) < 4.78 is 41.4. The van der Waals surface area contributed by atoms with Gasteiger partial charge in [-0.05, 0) is 18.1 Å². The van der Waals surface area contributed by atoms with Crippen molar-refractivity contribution in [3.63, 3.8) is 0 Å². The molecule has 1 fully saturated rings. The minimum Gasteiger partial charge on any atom is -0.391 e. The van der Waals surface area contributed by atoms with Crippen LogP contribution in [0.15, 0.2) is 36.8 Å². The largest absolute Gasteiger partial charge is 0.416 e. The SMILES string of the molecule is Cn1cnc(C(=O)N2C[C@@H](O)C[C@H]2c2ccccc2C(F)(F)F)c1.